The minimum Gasteiger partial charge on any atom is -0.497 e. The van der Waals surface area contributed by atoms with E-state index >= 15 is 0 Å². The molecule has 0 unspecified atom stereocenters. The molecular formula is C21H21ClN4O2. The van der Waals surface area contributed by atoms with E-state index in [4.69, 9.17) is 16.3 Å². The van der Waals surface area contributed by atoms with Gasteiger partial charge in [0.1, 0.15) is 11.4 Å². The molecule has 3 rings (SSSR count). The SMILES string of the molecule is COc1ccc(CCNc2nccc(C(=O)Nc3ccc(C)c(Cl)c3)n2)cc1. The normalized spacial score (nSPS) is 10.4. The Morgan fingerprint density at radius 2 is 1.93 bits per heavy atom. The molecule has 28 heavy (non-hydrogen) atoms. The van der Waals surface area contributed by atoms with Crippen molar-refractivity contribution in [3.63, 3.8) is 0 Å². The minimum atomic E-state index is -0.319. The second-order valence-corrected chi connectivity index (χ2v) is 6.62. The third-order valence-electron chi connectivity index (χ3n) is 4.17. The van der Waals surface area contributed by atoms with E-state index < -0.39 is 0 Å². The molecule has 0 radical (unpaired) electrons. The summed E-state index contributed by atoms with van der Waals surface area (Å²) in [7, 11) is 1.64. The largest absolute Gasteiger partial charge is 0.497 e. The summed E-state index contributed by atoms with van der Waals surface area (Å²) in [5.41, 5.74) is 3.01. The molecule has 1 aromatic heterocycles. The number of ether oxygens (including phenoxy) is 1. The van der Waals surface area contributed by atoms with Gasteiger partial charge in [-0.3, -0.25) is 4.79 Å². The van der Waals surface area contributed by atoms with Crippen LogP contribution in [0.2, 0.25) is 5.02 Å². The number of methoxy groups -OCH3 is 1. The summed E-state index contributed by atoms with van der Waals surface area (Å²) in [5.74, 6) is 0.914. The Morgan fingerprint density at radius 3 is 2.64 bits per heavy atom. The summed E-state index contributed by atoms with van der Waals surface area (Å²) in [6.45, 7) is 2.55. The molecule has 0 fully saturated rings. The predicted octanol–water partition coefficient (Wildman–Crippen LogP) is 4.35. The van der Waals surface area contributed by atoms with Gasteiger partial charge in [0.2, 0.25) is 5.95 Å². The highest BCUT2D eigenvalue weighted by Crippen LogP contribution is 2.20. The van der Waals surface area contributed by atoms with Gasteiger partial charge in [-0.1, -0.05) is 29.8 Å². The van der Waals surface area contributed by atoms with E-state index in [9.17, 15) is 4.79 Å². The van der Waals surface area contributed by atoms with Crippen LogP contribution < -0.4 is 15.4 Å². The van der Waals surface area contributed by atoms with Crippen LogP contribution in [0.15, 0.2) is 54.7 Å². The topological polar surface area (TPSA) is 76.1 Å². The van der Waals surface area contributed by atoms with Gasteiger partial charge in [-0.15, -0.1) is 0 Å². The van der Waals surface area contributed by atoms with Crippen molar-refractivity contribution >= 4 is 29.1 Å². The zero-order valence-electron chi connectivity index (χ0n) is 15.7. The highest BCUT2D eigenvalue weighted by Gasteiger charge is 2.10. The highest BCUT2D eigenvalue weighted by molar-refractivity contribution is 6.31. The number of carbonyl (C=O) groups excluding carboxylic acids is 1. The lowest BCUT2D eigenvalue weighted by atomic mass is 10.1. The van der Waals surface area contributed by atoms with Gasteiger partial charge in [-0.05, 0) is 54.8 Å². The van der Waals surface area contributed by atoms with Gasteiger partial charge in [0, 0.05) is 23.5 Å². The lowest BCUT2D eigenvalue weighted by molar-refractivity contribution is 0.102. The summed E-state index contributed by atoms with van der Waals surface area (Å²) in [6, 6.07) is 14.8. The molecule has 1 amide bonds. The first-order valence-electron chi connectivity index (χ1n) is 8.82. The molecule has 144 valence electrons. The first-order valence-corrected chi connectivity index (χ1v) is 9.20. The maximum absolute atomic E-state index is 12.4. The van der Waals surface area contributed by atoms with Crippen LogP contribution in [0, 0.1) is 6.92 Å². The Hall–Kier alpha value is -3.12. The molecule has 0 atom stereocenters. The van der Waals surface area contributed by atoms with Gasteiger partial charge < -0.3 is 15.4 Å². The summed E-state index contributed by atoms with van der Waals surface area (Å²) in [5, 5.41) is 6.53. The summed E-state index contributed by atoms with van der Waals surface area (Å²) in [4.78, 5) is 20.9. The Labute approximate surface area is 168 Å². The molecular weight excluding hydrogens is 376 g/mol. The van der Waals surface area contributed by atoms with Crippen molar-refractivity contribution in [3.05, 3.63) is 76.6 Å². The van der Waals surface area contributed by atoms with Crippen LogP contribution >= 0.6 is 11.6 Å². The summed E-state index contributed by atoms with van der Waals surface area (Å²) in [6.07, 6.45) is 2.35. The third kappa shape index (κ3) is 5.20. The van der Waals surface area contributed by atoms with E-state index in [0.717, 1.165) is 17.7 Å². The molecule has 6 nitrogen and oxygen atoms in total. The van der Waals surface area contributed by atoms with E-state index in [1.54, 1.807) is 31.5 Å². The van der Waals surface area contributed by atoms with Gasteiger partial charge in [0.25, 0.3) is 5.91 Å². The predicted molar refractivity (Wildman–Crippen MR) is 111 cm³/mol. The van der Waals surface area contributed by atoms with Gasteiger partial charge in [0.05, 0.1) is 7.11 Å². The van der Waals surface area contributed by atoms with Crippen molar-refractivity contribution in [1.82, 2.24) is 9.97 Å². The fraction of sp³-hybridized carbons (Fsp3) is 0.190. The van der Waals surface area contributed by atoms with Crippen LogP contribution in [0.5, 0.6) is 5.75 Å². The molecule has 0 saturated heterocycles. The quantitative estimate of drug-likeness (QED) is 0.620. The Balaban J connectivity index is 1.58. The van der Waals surface area contributed by atoms with Crippen LogP contribution in [-0.4, -0.2) is 29.5 Å². The zero-order chi connectivity index (χ0) is 19.9. The Bertz CT molecular complexity index is 961. The maximum atomic E-state index is 12.4. The molecule has 0 aliphatic rings. The summed E-state index contributed by atoms with van der Waals surface area (Å²) >= 11 is 6.10. The monoisotopic (exact) mass is 396 g/mol. The number of hydrogen-bond acceptors (Lipinski definition) is 5. The van der Waals surface area contributed by atoms with Crippen molar-refractivity contribution in [2.24, 2.45) is 0 Å². The van der Waals surface area contributed by atoms with E-state index in [-0.39, 0.29) is 11.6 Å². The molecule has 0 bridgehead atoms. The van der Waals surface area contributed by atoms with E-state index in [2.05, 4.69) is 20.6 Å². The lowest BCUT2D eigenvalue weighted by Crippen LogP contribution is -2.16. The van der Waals surface area contributed by atoms with Crippen molar-refractivity contribution in [3.8, 4) is 5.75 Å². The van der Waals surface area contributed by atoms with Gasteiger partial charge in [-0.25, -0.2) is 9.97 Å². The fourth-order valence-electron chi connectivity index (χ4n) is 2.55. The average molecular weight is 397 g/mol. The highest BCUT2D eigenvalue weighted by atomic mass is 35.5. The number of anilines is 2. The van der Waals surface area contributed by atoms with Crippen molar-refractivity contribution in [1.29, 1.82) is 0 Å². The number of nitrogens with zero attached hydrogens (tertiary/aromatic N) is 2. The Morgan fingerprint density at radius 1 is 1.14 bits per heavy atom. The molecule has 0 aliphatic carbocycles. The average Bonchev–Trinajstić information content (AvgIpc) is 2.71. The molecule has 2 aromatic carbocycles. The van der Waals surface area contributed by atoms with Crippen LogP contribution in [0.1, 0.15) is 21.6 Å². The number of aryl methyl sites for hydroxylation is 1. The van der Waals surface area contributed by atoms with Crippen molar-refractivity contribution in [2.75, 3.05) is 24.3 Å². The third-order valence-corrected chi connectivity index (χ3v) is 4.58. The van der Waals surface area contributed by atoms with Crippen molar-refractivity contribution in [2.45, 2.75) is 13.3 Å². The van der Waals surface area contributed by atoms with Gasteiger partial charge in [-0.2, -0.15) is 0 Å². The summed E-state index contributed by atoms with van der Waals surface area (Å²) < 4.78 is 5.15. The smallest absolute Gasteiger partial charge is 0.274 e. The van der Waals surface area contributed by atoms with Crippen LogP contribution in [0.25, 0.3) is 0 Å². The minimum absolute atomic E-state index is 0.277. The number of hydrogen-bond donors (Lipinski definition) is 2. The molecule has 0 saturated carbocycles. The number of carbonyl (C=O) groups is 1. The molecule has 7 heteroatoms. The van der Waals surface area contributed by atoms with Gasteiger partial charge in [0.15, 0.2) is 0 Å². The first-order chi connectivity index (χ1) is 13.5. The number of halogens is 1. The first kappa shape index (κ1) is 19.6. The van der Waals surface area contributed by atoms with E-state index in [1.165, 1.54) is 5.56 Å². The molecule has 2 N–H and O–H groups in total. The number of amides is 1. The Kier molecular flexibility index (Phi) is 6.45. The number of aromatic nitrogens is 2. The zero-order valence-corrected chi connectivity index (χ0v) is 16.5. The van der Waals surface area contributed by atoms with Crippen LogP contribution in [-0.2, 0) is 6.42 Å². The van der Waals surface area contributed by atoms with Crippen LogP contribution in [0.3, 0.4) is 0 Å². The number of benzene rings is 2. The van der Waals surface area contributed by atoms with Crippen LogP contribution in [0.4, 0.5) is 11.6 Å². The molecule has 1 heterocycles. The molecule has 0 aliphatic heterocycles. The molecule has 3 aromatic rings. The second kappa shape index (κ2) is 9.19. The van der Waals surface area contributed by atoms with E-state index in [0.29, 0.717) is 23.2 Å². The lowest BCUT2D eigenvalue weighted by Gasteiger charge is -2.09. The standard InChI is InChI=1S/C21H21ClN4O2/c1-14-3-6-16(13-18(14)22)25-20(27)19-10-12-24-21(26-19)23-11-9-15-4-7-17(28-2)8-5-15/h3-8,10,12-13H,9,11H2,1-2H3,(H,25,27)(H,23,24,26). The number of rotatable bonds is 7. The van der Waals surface area contributed by atoms with Crippen molar-refractivity contribution < 1.29 is 9.53 Å². The van der Waals surface area contributed by atoms with E-state index in [1.807, 2.05) is 37.3 Å². The number of nitrogens with one attached hydrogen (secondary N) is 2. The maximum Gasteiger partial charge on any atom is 0.274 e. The second-order valence-electron chi connectivity index (χ2n) is 6.21. The fourth-order valence-corrected chi connectivity index (χ4v) is 2.73. The van der Waals surface area contributed by atoms with Gasteiger partial charge >= 0.3 is 0 Å². The molecule has 0 spiro atoms.